The number of hydrogen-bond acceptors (Lipinski definition) is 7. The average Bonchev–Trinajstić information content (AvgIpc) is 2.80. The predicted molar refractivity (Wildman–Crippen MR) is 87.3 cm³/mol. The lowest BCUT2D eigenvalue weighted by atomic mass is 10.2. The van der Waals surface area contributed by atoms with Crippen LogP contribution in [0.5, 0.6) is 0 Å². The van der Waals surface area contributed by atoms with Gasteiger partial charge in [-0.05, 0) is 19.4 Å². The Morgan fingerprint density at radius 3 is 2.86 bits per heavy atom. The number of carbonyl (C=O) groups excluding carboxylic acids is 2. The van der Waals surface area contributed by atoms with Crippen LogP contribution in [0.1, 0.15) is 16.9 Å². The molecule has 0 unspecified atom stereocenters. The van der Waals surface area contributed by atoms with E-state index in [0.717, 1.165) is 15.2 Å². The molecule has 0 aliphatic rings. The third-order valence-electron chi connectivity index (χ3n) is 3.16. The molecular weight excluding hydrogens is 322 g/mol. The van der Waals surface area contributed by atoms with E-state index in [1.54, 1.807) is 17.7 Å². The van der Waals surface area contributed by atoms with Gasteiger partial charge >= 0.3 is 5.97 Å². The second-order valence-electron chi connectivity index (χ2n) is 4.59. The number of methoxy groups -OCH3 is 1. The lowest BCUT2D eigenvalue weighted by molar-refractivity contribution is -0.141. The van der Waals surface area contributed by atoms with Crippen molar-refractivity contribution in [2.75, 3.05) is 19.4 Å². The Bertz CT molecular complexity index is 700. The smallest absolute Gasteiger partial charge is 0.325 e. The molecule has 6 nitrogen and oxygen atoms in total. The van der Waals surface area contributed by atoms with Crippen LogP contribution in [-0.2, 0) is 14.3 Å². The summed E-state index contributed by atoms with van der Waals surface area (Å²) in [5, 5.41) is 4.48. The monoisotopic (exact) mass is 339 g/mol. The van der Waals surface area contributed by atoms with Crippen LogP contribution in [-0.4, -0.2) is 41.3 Å². The fraction of sp³-hybridized carbons (Fsp3) is 0.429. The van der Waals surface area contributed by atoms with Crippen molar-refractivity contribution < 1.29 is 14.3 Å². The van der Waals surface area contributed by atoms with E-state index >= 15 is 0 Å². The number of nitrogens with one attached hydrogen (secondary N) is 1. The number of hydrogen-bond donors (Lipinski definition) is 1. The molecule has 0 aliphatic carbocycles. The van der Waals surface area contributed by atoms with E-state index < -0.39 is 5.97 Å². The van der Waals surface area contributed by atoms with Crippen molar-refractivity contribution in [3.63, 3.8) is 0 Å². The van der Waals surface area contributed by atoms with Crippen molar-refractivity contribution >= 4 is 45.2 Å². The summed E-state index contributed by atoms with van der Waals surface area (Å²) in [4.78, 5) is 33.4. The minimum absolute atomic E-state index is 0.0966. The zero-order valence-corrected chi connectivity index (χ0v) is 14.3. The summed E-state index contributed by atoms with van der Waals surface area (Å²) < 4.78 is 4.46. The lowest BCUT2D eigenvalue weighted by Crippen LogP contribution is -2.30. The van der Waals surface area contributed by atoms with E-state index in [0.29, 0.717) is 12.2 Å². The maximum absolute atomic E-state index is 11.6. The molecule has 0 aliphatic heterocycles. The van der Waals surface area contributed by atoms with E-state index in [1.165, 1.54) is 29.3 Å². The summed E-state index contributed by atoms with van der Waals surface area (Å²) >= 11 is 3.18. The predicted octanol–water partition coefficient (Wildman–Crippen LogP) is 2.08. The molecule has 118 valence electrons. The largest absolute Gasteiger partial charge is 0.468 e. The highest BCUT2D eigenvalue weighted by atomic mass is 32.2. The van der Waals surface area contributed by atoms with E-state index in [1.807, 2.05) is 0 Å². The minimum atomic E-state index is -0.456. The number of aryl methyl sites for hydroxylation is 2. The highest BCUT2D eigenvalue weighted by molar-refractivity contribution is 7.99. The summed E-state index contributed by atoms with van der Waals surface area (Å²) in [5.41, 5.74) is 1.19. The van der Waals surface area contributed by atoms with Gasteiger partial charge in [0, 0.05) is 22.4 Å². The van der Waals surface area contributed by atoms with Crippen molar-refractivity contribution in [2.45, 2.75) is 25.3 Å². The molecule has 22 heavy (non-hydrogen) atoms. The number of esters is 1. The van der Waals surface area contributed by atoms with Crippen LogP contribution in [0, 0.1) is 13.8 Å². The molecule has 8 heteroatoms. The quantitative estimate of drug-likeness (QED) is 0.493. The topological polar surface area (TPSA) is 81.2 Å². The molecule has 0 bridgehead atoms. The maximum Gasteiger partial charge on any atom is 0.325 e. The number of thiophene rings is 1. The first kappa shape index (κ1) is 16.7. The molecule has 2 aromatic heterocycles. The molecular formula is C14H17N3O3S2. The van der Waals surface area contributed by atoms with Gasteiger partial charge < -0.3 is 10.1 Å². The Balaban J connectivity index is 1.92. The summed E-state index contributed by atoms with van der Waals surface area (Å²) in [6.07, 6.45) is 1.87. The van der Waals surface area contributed by atoms with Crippen LogP contribution in [0.15, 0.2) is 11.4 Å². The fourth-order valence-corrected chi connectivity index (χ4v) is 3.89. The molecule has 0 saturated carbocycles. The van der Waals surface area contributed by atoms with Gasteiger partial charge in [-0.1, -0.05) is 0 Å². The number of thioether (sulfide) groups is 1. The van der Waals surface area contributed by atoms with Gasteiger partial charge in [0.2, 0.25) is 5.91 Å². The minimum Gasteiger partial charge on any atom is -0.468 e. The third kappa shape index (κ3) is 3.95. The maximum atomic E-state index is 11.6. The summed E-state index contributed by atoms with van der Waals surface area (Å²) in [7, 11) is 1.29. The van der Waals surface area contributed by atoms with Gasteiger partial charge in [-0.2, -0.15) is 0 Å². The van der Waals surface area contributed by atoms with Crippen molar-refractivity contribution in [1.29, 1.82) is 0 Å². The normalized spacial score (nSPS) is 10.7. The fourth-order valence-electron chi connectivity index (χ4n) is 1.83. The standard InChI is InChI=1S/C14H17N3O3S2/c1-8-9(2)22-14-12(8)13(16-7-17-14)21-5-4-10(18)15-6-11(19)20-3/h7H,4-6H2,1-3H3,(H,15,18). The van der Waals surface area contributed by atoms with Crippen molar-refractivity contribution in [2.24, 2.45) is 0 Å². The van der Waals surface area contributed by atoms with Crippen molar-refractivity contribution in [1.82, 2.24) is 15.3 Å². The number of aromatic nitrogens is 2. The first-order valence-electron chi connectivity index (χ1n) is 6.70. The molecule has 0 fully saturated rings. The van der Waals surface area contributed by atoms with Crippen molar-refractivity contribution in [3.05, 3.63) is 16.8 Å². The van der Waals surface area contributed by atoms with Gasteiger partial charge in [0.1, 0.15) is 22.7 Å². The highest BCUT2D eigenvalue weighted by Crippen LogP contribution is 2.34. The molecule has 0 atom stereocenters. The molecule has 0 spiro atoms. The molecule has 2 rings (SSSR count). The number of amides is 1. The number of carbonyl (C=O) groups is 2. The first-order valence-corrected chi connectivity index (χ1v) is 8.50. The van der Waals surface area contributed by atoms with Crippen molar-refractivity contribution in [3.8, 4) is 0 Å². The van der Waals surface area contributed by atoms with Crippen LogP contribution in [0.2, 0.25) is 0 Å². The molecule has 0 radical (unpaired) electrons. The van der Waals surface area contributed by atoms with E-state index in [-0.39, 0.29) is 12.5 Å². The van der Waals surface area contributed by atoms with Crippen LogP contribution in [0.4, 0.5) is 0 Å². The Kier molecular flexibility index (Phi) is 5.73. The SMILES string of the molecule is COC(=O)CNC(=O)CCSc1ncnc2sc(C)c(C)c12. The first-order chi connectivity index (χ1) is 10.5. The molecule has 1 N–H and O–H groups in total. The second kappa shape index (κ2) is 7.55. The number of ether oxygens (including phenoxy) is 1. The van der Waals surface area contributed by atoms with Gasteiger partial charge in [0.15, 0.2) is 0 Å². The van der Waals surface area contributed by atoms with E-state index in [2.05, 4.69) is 33.9 Å². The molecule has 2 aromatic rings. The third-order valence-corrected chi connectivity index (χ3v) is 5.26. The van der Waals surface area contributed by atoms with E-state index in [4.69, 9.17) is 0 Å². The Labute approximate surface area is 136 Å². The summed E-state index contributed by atoms with van der Waals surface area (Å²) in [5.74, 6) is -0.0442. The molecule has 0 saturated heterocycles. The van der Waals surface area contributed by atoms with Crippen LogP contribution in [0.25, 0.3) is 10.2 Å². The molecule has 0 aromatic carbocycles. The van der Waals surface area contributed by atoms with E-state index in [9.17, 15) is 9.59 Å². The average molecular weight is 339 g/mol. The Morgan fingerprint density at radius 1 is 1.36 bits per heavy atom. The Morgan fingerprint density at radius 2 is 2.14 bits per heavy atom. The lowest BCUT2D eigenvalue weighted by Gasteiger charge is -2.05. The van der Waals surface area contributed by atoms with Gasteiger partial charge in [0.05, 0.1) is 7.11 Å². The second-order valence-corrected chi connectivity index (χ2v) is 6.88. The summed E-state index contributed by atoms with van der Waals surface area (Å²) in [6, 6.07) is 0. The van der Waals surface area contributed by atoms with Crippen LogP contribution in [0.3, 0.4) is 0 Å². The number of nitrogens with zero attached hydrogens (tertiary/aromatic N) is 2. The van der Waals surface area contributed by atoms with Gasteiger partial charge in [-0.15, -0.1) is 23.1 Å². The number of rotatable bonds is 6. The zero-order valence-electron chi connectivity index (χ0n) is 12.6. The Hall–Kier alpha value is -1.67. The van der Waals surface area contributed by atoms with Gasteiger partial charge in [0.25, 0.3) is 0 Å². The number of fused-ring (bicyclic) bond motifs is 1. The van der Waals surface area contributed by atoms with Crippen LogP contribution >= 0.6 is 23.1 Å². The van der Waals surface area contributed by atoms with Gasteiger partial charge in [-0.3, -0.25) is 9.59 Å². The zero-order chi connectivity index (χ0) is 16.1. The van der Waals surface area contributed by atoms with Crippen LogP contribution < -0.4 is 5.32 Å². The molecule has 2 heterocycles. The molecule has 1 amide bonds. The highest BCUT2D eigenvalue weighted by Gasteiger charge is 2.13. The summed E-state index contributed by atoms with van der Waals surface area (Å²) in [6.45, 7) is 4.03. The van der Waals surface area contributed by atoms with Gasteiger partial charge in [-0.25, -0.2) is 9.97 Å².